The van der Waals surface area contributed by atoms with Gasteiger partial charge in [0.05, 0.1) is 0 Å². The van der Waals surface area contributed by atoms with E-state index in [-0.39, 0.29) is 0 Å². The van der Waals surface area contributed by atoms with Crippen LogP contribution in [0.25, 0.3) is 0 Å². The summed E-state index contributed by atoms with van der Waals surface area (Å²) in [5, 5.41) is 4.40. The first-order chi connectivity index (χ1) is 7.78. The van der Waals surface area contributed by atoms with Crippen LogP contribution in [0.5, 0.6) is 0 Å². The zero-order valence-electron chi connectivity index (χ0n) is 10.2. The van der Waals surface area contributed by atoms with Crippen molar-refractivity contribution in [3.05, 3.63) is 11.1 Å². The van der Waals surface area contributed by atoms with E-state index in [0.29, 0.717) is 0 Å². The Balaban J connectivity index is 1.76. The minimum atomic E-state index is 0.968. The monoisotopic (exact) mass is 239 g/mol. The molecule has 1 heterocycles. The fraction of sp³-hybridized carbons (Fsp3) is 0.750. The van der Waals surface area contributed by atoms with Crippen molar-refractivity contribution in [3.8, 4) is 0 Å². The van der Waals surface area contributed by atoms with Crippen LogP contribution in [0.15, 0.2) is 6.20 Å². The molecule has 2 rings (SSSR count). The fourth-order valence-corrected chi connectivity index (χ4v) is 2.68. The second kappa shape index (κ2) is 5.64. The summed E-state index contributed by atoms with van der Waals surface area (Å²) in [6.07, 6.45) is 6.01. The number of anilines is 1. The molecule has 0 radical (unpaired) electrons. The number of nitrogens with one attached hydrogen (secondary N) is 1. The summed E-state index contributed by atoms with van der Waals surface area (Å²) in [6.45, 7) is 5.48. The highest BCUT2D eigenvalue weighted by Gasteiger charge is 2.22. The zero-order chi connectivity index (χ0) is 11.4. The van der Waals surface area contributed by atoms with Gasteiger partial charge in [-0.2, -0.15) is 0 Å². The van der Waals surface area contributed by atoms with Gasteiger partial charge >= 0.3 is 0 Å². The van der Waals surface area contributed by atoms with E-state index >= 15 is 0 Å². The molecule has 0 spiro atoms. The van der Waals surface area contributed by atoms with Crippen LogP contribution in [0.4, 0.5) is 5.13 Å². The van der Waals surface area contributed by atoms with Crippen LogP contribution in [-0.4, -0.2) is 30.0 Å². The van der Waals surface area contributed by atoms with Crippen molar-refractivity contribution in [3.63, 3.8) is 0 Å². The second-order valence-corrected chi connectivity index (χ2v) is 5.81. The minimum absolute atomic E-state index is 0.968. The Morgan fingerprint density at radius 3 is 3.06 bits per heavy atom. The maximum absolute atomic E-state index is 4.38. The molecule has 1 aromatic heterocycles. The van der Waals surface area contributed by atoms with Crippen molar-refractivity contribution in [2.45, 2.75) is 32.7 Å². The fourth-order valence-electron chi connectivity index (χ4n) is 1.77. The van der Waals surface area contributed by atoms with Crippen molar-refractivity contribution in [2.24, 2.45) is 5.92 Å². The lowest BCUT2D eigenvalue weighted by Gasteiger charge is -2.14. The smallest absolute Gasteiger partial charge is 0.182 e. The van der Waals surface area contributed by atoms with E-state index in [9.17, 15) is 0 Å². The predicted molar refractivity (Wildman–Crippen MR) is 70.0 cm³/mol. The molecular formula is C12H21N3S. The Morgan fingerprint density at radius 2 is 2.38 bits per heavy atom. The van der Waals surface area contributed by atoms with E-state index in [1.807, 2.05) is 6.20 Å². The molecule has 0 aromatic carbocycles. The van der Waals surface area contributed by atoms with Gasteiger partial charge in [-0.1, -0.05) is 6.92 Å². The first-order valence-electron chi connectivity index (χ1n) is 6.15. The molecule has 0 atom stereocenters. The molecule has 0 saturated heterocycles. The topological polar surface area (TPSA) is 28.2 Å². The summed E-state index contributed by atoms with van der Waals surface area (Å²) < 4.78 is 0. The minimum Gasteiger partial charge on any atom is -0.362 e. The number of aromatic nitrogens is 1. The van der Waals surface area contributed by atoms with Gasteiger partial charge in [0.25, 0.3) is 0 Å². The average molecular weight is 239 g/mol. The van der Waals surface area contributed by atoms with Gasteiger partial charge in [-0.05, 0) is 32.2 Å². The van der Waals surface area contributed by atoms with E-state index in [4.69, 9.17) is 0 Å². The first-order valence-corrected chi connectivity index (χ1v) is 6.96. The van der Waals surface area contributed by atoms with Crippen LogP contribution in [0.1, 0.15) is 31.1 Å². The lowest BCUT2D eigenvalue weighted by Crippen LogP contribution is -2.19. The molecule has 1 N–H and O–H groups in total. The van der Waals surface area contributed by atoms with Crippen molar-refractivity contribution in [2.75, 3.05) is 25.5 Å². The van der Waals surface area contributed by atoms with E-state index in [1.165, 1.54) is 24.3 Å². The van der Waals surface area contributed by atoms with Crippen LogP contribution in [0.3, 0.4) is 0 Å². The van der Waals surface area contributed by atoms with Gasteiger partial charge in [0.1, 0.15) is 0 Å². The Labute approximate surface area is 102 Å². The number of nitrogens with zero attached hydrogens (tertiary/aromatic N) is 2. The molecule has 0 unspecified atom stereocenters. The van der Waals surface area contributed by atoms with Gasteiger partial charge in [0, 0.05) is 30.7 Å². The molecule has 4 heteroatoms. The summed E-state index contributed by atoms with van der Waals surface area (Å²) >= 11 is 1.78. The van der Waals surface area contributed by atoms with Gasteiger partial charge in [-0.3, -0.25) is 0 Å². The van der Waals surface area contributed by atoms with E-state index < -0.39 is 0 Å². The highest BCUT2D eigenvalue weighted by atomic mass is 32.1. The summed E-state index contributed by atoms with van der Waals surface area (Å²) in [4.78, 5) is 8.16. The maximum Gasteiger partial charge on any atom is 0.182 e. The Kier molecular flexibility index (Phi) is 4.18. The molecule has 1 fully saturated rings. The van der Waals surface area contributed by atoms with Crippen LogP contribution in [0, 0.1) is 5.92 Å². The second-order valence-electron chi connectivity index (χ2n) is 4.70. The molecule has 0 bridgehead atoms. The molecule has 16 heavy (non-hydrogen) atoms. The van der Waals surface area contributed by atoms with Crippen molar-refractivity contribution < 1.29 is 0 Å². The Hall–Kier alpha value is -0.610. The third kappa shape index (κ3) is 3.76. The third-order valence-electron chi connectivity index (χ3n) is 2.77. The van der Waals surface area contributed by atoms with Gasteiger partial charge in [0.15, 0.2) is 5.13 Å². The van der Waals surface area contributed by atoms with E-state index in [1.54, 1.807) is 11.3 Å². The van der Waals surface area contributed by atoms with Gasteiger partial charge in [-0.25, -0.2) is 4.98 Å². The van der Waals surface area contributed by atoms with Crippen LogP contribution < -0.4 is 5.32 Å². The largest absolute Gasteiger partial charge is 0.362 e. The molecule has 1 aliphatic carbocycles. The van der Waals surface area contributed by atoms with Crippen molar-refractivity contribution in [1.82, 2.24) is 9.88 Å². The van der Waals surface area contributed by atoms with Gasteiger partial charge < -0.3 is 10.2 Å². The van der Waals surface area contributed by atoms with Gasteiger partial charge in [-0.15, -0.1) is 11.3 Å². The number of hydrogen-bond acceptors (Lipinski definition) is 4. The summed E-state index contributed by atoms with van der Waals surface area (Å²) in [6, 6.07) is 0. The number of rotatable bonds is 7. The molecule has 3 nitrogen and oxygen atoms in total. The maximum atomic E-state index is 4.38. The predicted octanol–water partition coefficient (Wildman–Crippen LogP) is 2.81. The quantitative estimate of drug-likeness (QED) is 0.793. The third-order valence-corrected chi connectivity index (χ3v) is 3.71. The van der Waals surface area contributed by atoms with Crippen molar-refractivity contribution >= 4 is 16.5 Å². The zero-order valence-corrected chi connectivity index (χ0v) is 11.0. The normalized spacial score (nSPS) is 15.7. The highest BCUT2D eigenvalue weighted by molar-refractivity contribution is 7.15. The first kappa shape index (κ1) is 11.9. The molecule has 90 valence electrons. The molecule has 1 aromatic rings. The lowest BCUT2D eigenvalue weighted by atomic mass is 10.4. The molecule has 0 amide bonds. The van der Waals surface area contributed by atoms with Gasteiger partial charge in [0.2, 0.25) is 0 Å². The highest BCUT2D eigenvalue weighted by Crippen LogP contribution is 2.30. The molecule has 0 aliphatic heterocycles. The van der Waals surface area contributed by atoms with Crippen LogP contribution in [-0.2, 0) is 6.54 Å². The number of hydrogen-bond donors (Lipinski definition) is 1. The molecule has 1 aliphatic rings. The standard InChI is InChI=1S/C12H21N3S/c1-3-6-13-12-14-7-11(16-12)9-15(2)8-10-4-5-10/h7,10H,3-6,8-9H2,1-2H3,(H,13,14). The average Bonchev–Trinajstić information content (AvgIpc) is 2.94. The van der Waals surface area contributed by atoms with Crippen molar-refractivity contribution in [1.29, 1.82) is 0 Å². The van der Waals surface area contributed by atoms with Crippen LogP contribution in [0.2, 0.25) is 0 Å². The van der Waals surface area contributed by atoms with E-state index in [2.05, 4.69) is 29.2 Å². The van der Waals surface area contributed by atoms with E-state index in [0.717, 1.165) is 30.6 Å². The molecule has 1 saturated carbocycles. The molecular weight excluding hydrogens is 218 g/mol. The lowest BCUT2D eigenvalue weighted by molar-refractivity contribution is 0.315. The Morgan fingerprint density at radius 1 is 1.56 bits per heavy atom. The van der Waals surface area contributed by atoms with Crippen LogP contribution >= 0.6 is 11.3 Å². The summed E-state index contributed by atoms with van der Waals surface area (Å²) in [5.41, 5.74) is 0. The number of thiazole rings is 1. The Bertz CT molecular complexity index is 320. The summed E-state index contributed by atoms with van der Waals surface area (Å²) in [5.74, 6) is 0.968. The summed E-state index contributed by atoms with van der Waals surface area (Å²) in [7, 11) is 2.21. The SMILES string of the molecule is CCCNc1ncc(CN(C)CC2CC2)s1.